The van der Waals surface area contributed by atoms with Gasteiger partial charge in [-0.25, -0.2) is 0 Å². The number of fused-ring (bicyclic) bond motifs is 1. The Bertz CT molecular complexity index is 591. The van der Waals surface area contributed by atoms with Gasteiger partial charge in [0.15, 0.2) is 0 Å². The number of para-hydroxylation sites is 1. The molecule has 0 radical (unpaired) electrons. The van der Waals surface area contributed by atoms with Crippen molar-refractivity contribution in [3.8, 4) is 0 Å². The Kier molecular flexibility index (Phi) is 4.51. The van der Waals surface area contributed by atoms with Crippen LogP contribution < -0.4 is 5.73 Å². The number of aromatic nitrogens is 1. The van der Waals surface area contributed by atoms with Gasteiger partial charge in [-0.15, -0.1) is 0 Å². The fourth-order valence-electron chi connectivity index (χ4n) is 3.52. The zero-order chi connectivity index (χ0) is 14.7. The molecule has 0 saturated carbocycles. The van der Waals surface area contributed by atoms with E-state index in [0.717, 1.165) is 31.1 Å². The molecule has 2 unspecified atom stereocenters. The molecular formula is C18H25N3. The van der Waals surface area contributed by atoms with E-state index in [-0.39, 0.29) is 0 Å². The summed E-state index contributed by atoms with van der Waals surface area (Å²) in [6.07, 6.45) is 5.75. The van der Waals surface area contributed by atoms with Crippen LogP contribution >= 0.6 is 0 Å². The molecule has 2 atom stereocenters. The Labute approximate surface area is 127 Å². The van der Waals surface area contributed by atoms with Gasteiger partial charge in [0.1, 0.15) is 0 Å². The number of piperidine rings is 1. The van der Waals surface area contributed by atoms with E-state index in [2.05, 4.69) is 47.1 Å². The molecule has 1 aromatic heterocycles. The summed E-state index contributed by atoms with van der Waals surface area (Å²) in [4.78, 5) is 7.02. The molecule has 0 spiro atoms. The minimum Gasteiger partial charge on any atom is -0.329 e. The predicted octanol–water partition coefficient (Wildman–Crippen LogP) is 3.18. The number of nitrogens with zero attached hydrogens (tertiary/aromatic N) is 2. The third-order valence-corrected chi connectivity index (χ3v) is 4.91. The first-order chi connectivity index (χ1) is 10.3. The van der Waals surface area contributed by atoms with Gasteiger partial charge in [-0.1, -0.05) is 31.5 Å². The number of pyridine rings is 1. The molecule has 21 heavy (non-hydrogen) atoms. The second kappa shape index (κ2) is 6.54. The van der Waals surface area contributed by atoms with Gasteiger partial charge < -0.3 is 5.73 Å². The Morgan fingerprint density at radius 3 is 2.95 bits per heavy atom. The van der Waals surface area contributed by atoms with Crippen molar-refractivity contribution in [2.75, 3.05) is 13.1 Å². The van der Waals surface area contributed by atoms with Gasteiger partial charge in [0.2, 0.25) is 0 Å². The second-order valence-corrected chi connectivity index (χ2v) is 6.15. The van der Waals surface area contributed by atoms with Gasteiger partial charge in [-0.3, -0.25) is 9.88 Å². The smallest absolute Gasteiger partial charge is 0.0705 e. The summed E-state index contributed by atoms with van der Waals surface area (Å²) in [5.41, 5.74) is 8.48. The van der Waals surface area contributed by atoms with E-state index in [9.17, 15) is 0 Å². The predicted molar refractivity (Wildman–Crippen MR) is 88.0 cm³/mol. The number of rotatable bonds is 4. The summed E-state index contributed by atoms with van der Waals surface area (Å²) in [6.45, 7) is 5.21. The van der Waals surface area contributed by atoms with Crippen molar-refractivity contribution in [3.05, 3.63) is 42.1 Å². The van der Waals surface area contributed by atoms with E-state index < -0.39 is 0 Å². The first kappa shape index (κ1) is 14.5. The maximum atomic E-state index is 6.02. The highest BCUT2D eigenvalue weighted by atomic mass is 15.2. The molecule has 2 aromatic rings. The van der Waals surface area contributed by atoms with Gasteiger partial charge >= 0.3 is 0 Å². The SMILES string of the molecule is CCC1CCN(Cc2ccnc3ccccc23)C(CN)C1. The molecule has 1 fully saturated rings. The molecular weight excluding hydrogens is 258 g/mol. The van der Waals surface area contributed by atoms with Crippen LogP contribution in [-0.4, -0.2) is 29.0 Å². The molecule has 3 rings (SSSR count). The summed E-state index contributed by atoms with van der Waals surface area (Å²) in [5, 5.41) is 1.27. The maximum Gasteiger partial charge on any atom is 0.0705 e. The minimum absolute atomic E-state index is 0.524. The molecule has 3 nitrogen and oxygen atoms in total. The van der Waals surface area contributed by atoms with E-state index in [0.29, 0.717) is 6.04 Å². The van der Waals surface area contributed by atoms with Crippen LogP contribution in [0.15, 0.2) is 36.5 Å². The van der Waals surface area contributed by atoms with Crippen molar-refractivity contribution in [3.63, 3.8) is 0 Å². The van der Waals surface area contributed by atoms with Crippen molar-refractivity contribution in [1.29, 1.82) is 0 Å². The zero-order valence-electron chi connectivity index (χ0n) is 12.8. The standard InChI is InChI=1S/C18H25N3/c1-2-14-8-10-21(16(11-14)12-19)13-15-7-9-20-18-6-4-3-5-17(15)18/h3-7,9,14,16H,2,8,10-13,19H2,1H3. The third kappa shape index (κ3) is 3.09. The van der Waals surface area contributed by atoms with Crippen LogP contribution in [0.4, 0.5) is 0 Å². The highest BCUT2D eigenvalue weighted by Crippen LogP contribution is 2.27. The van der Waals surface area contributed by atoms with Crippen LogP contribution in [0, 0.1) is 5.92 Å². The van der Waals surface area contributed by atoms with E-state index in [1.165, 1.54) is 30.2 Å². The molecule has 3 heteroatoms. The molecule has 2 N–H and O–H groups in total. The van der Waals surface area contributed by atoms with Gasteiger partial charge in [0.25, 0.3) is 0 Å². The van der Waals surface area contributed by atoms with Crippen LogP contribution in [0.3, 0.4) is 0 Å². The fourth-order valence-corrected chi connectivity index (χ4v) is 3.52. The first-order valence-corrected chi connectivity index (χ1v) is 8.08. The van der Waals surface area contributed by atoms with Crippen LogP contribution in [0.2, 0.25) is 0 Å². The summed E-state index contributed by atoms with van der Waals surface area (Å²) >= 11 is 0. The van der Waals surface area contributed by atoms with Crippen molar-refractivity contribution in [1.82, 2.24) is 9.88 Å². The Morgan fingerprint density at radius 2 is 2.14 bits per heavy atom. The normalized spacial score (nSPS) is 23.5. The highest BCUT2D eigenvalue weighted by Gasteiger charge is 2.26. The monoisotopic (exact) mass is 283 g/mol. The number of benzene rings is 1. The number of nitrogens with two attached hydrogens (primary N) is 1. The maximum absolute atomic E-state index is 6.02. The topological polar surface area (TPSA) is 42.2 Å². The van der Waals surface area contributed by atoms with Gasteiger partial charge in [-0.2, -0.15) is 0 Å². The van der Waals surface area contributed by atoms with Crippen LogP contribution in [0.1, 0.15) is 31.7 Å². The van der Waals surface area contributed by atoms with Gasteiger partial charge in [0, 0.05) is 30.7 Å². The lowest BCUT2D eigenvalue weighted by molar-refractivity contribution is 0.108. The lowest BCUT2D eigenvalue weighted by atomic mass is 9.88. The van der Waals surface area contributed by atoms with Gasteiger partial charge in [0.05, 0.1) is 5.52 Å². The lowest BCUT2D eigenvalue weighted by Crippen LogP contribution is -2.46. The van der Waals surface area contributed by atoms with Crippen molar-refractivity contribution >= 4 is 10.9 Å². The van der Waals surface area contributed by atoms with E-state index >= 15 is 0 Å². The molecule has 2 heterocycles. The Hall–Kier alpha value is -1.45. The molecule has 1 aliphatic rings. The molecule has 0 aliphatic carbocycles. The molecule has 1 aromatic carbocycles. The molecule has 0 amide bonds. The van der Waals surface area contributed by atoms with Crippen molar-refractivity contribution in [2.24, 2.45) is 11.7 Å². The van der Waals surface area contributed by atoms with Crippen LogP contribution in [0.5, 0.6) is 0 Å². The first-order valence-electron chi connectivity index (χ1n) is 8.08. The van der Waals surface area contributed by atoms with E-state index in [1.807, 2.05) is 6.20 Å². The fraction of sp³-hybridized carbons (Fsp3) is 0.500. The quantitative estimate of drug-likeness (QED) is 0.937. The summed E-state index contributed by atoms with van der Waals surface area (Å²) in [5.74, 6) is 0.851. The largest absolute Gasteiger partial charge is 0.329 e. The van der Waals surface area contributed by atoms with Crippen LogP contribution in [0.25, 0.3) is 10.9 Å². The molecule has 1 aliphatic heterocycles. The molecule has 1 saturated heterocycles. The Balaban J connectivity index is 1.81. The summed E-state index contributed by atoms with van der Waals surface area (Å²) in [6, 6.07) is 11.1. The van der Waals surface area contributed by atoms with Crippen LogP contribution in [-0.2, 0) is 6.54 Å². The highest BCUT2D eigenvalue weighted by molar-refractivity contribution is 5.81. The summed E-state index contributed by atoms with van der Waals surface area (Å²) in [7, 11) is 0. The third-order valence-electron chi connectivity index (χ3n) is 4.91. The average molecular weight is 283 g/mol. The van der Waals surface area contributed by atoms with Crippen molar-refractivity contribution < 1.29 is 0 Å². The Morgan fingerprint density at radius 1 is 1.29 bits per heavy atom. The van der Waals surface area contributed by atoms with Gasteiger partial charge in [-0.05, 0) is 43.0 Å². The number of likely N-dealkylation sites (tertiary alicyclic amines) is 1. The van der Waals surface area contributed by atoms with Crippen molar-refractivity contribution in [2.45, 2.75) is 38.8 Å². The molecule has 112 valence electrons. The zero-order valence-corrected chi connectivity index (χ0v) is 12.8. The van der Waals surface area contributed by atoms with E-state index in [1.54, 1.807) is 0 Å². The number of hydrogen-bond acceptors (Lipinski definition) is 3. The lowest BCUT2D eigenvalue weighted by Gasteiger charge is -2.39. The minimum atomic E-state index is 0.524. The summed E-state index contributed by atoms with van der Waals surface area (Å²) < 4.78 is 0. The number of hydrogen-bond donors (Lipinski definition) is 1. The molecule has 0 bridgehead atoms. The second-order valence-electron chi connectivity index (χ2n) is 6.15. The average Bonchev–Trinajstić information content (AvgIpc) is 2.55. The van der Waals surface area contributed by atoms with E-state index in [4.69, 9.17) is 5.73 Å².